The molecule has 3 atom stereocenters. The van der Waals surface area contributed by atoms with Crippen LogP contribution >= 0.6 is 0 Å². The summed E-state index contributed by atoms with van der Waals surface area (Å²) in [7, 11) is 0. The SMILES string of the molecule is CC1CCC2C=CCCC2C1. The highest BCUT2D eigenvalue weighted by Gasteiger charge is 2.27. The minimum absolute atomic E-state index is 0.958. The highest BCUT2D eigenvalue weighted by atomic mass is 14.3. The van der Waals surface area contributed by atoms with Gasteiger partial charge in [0.1, 0.15) is 0 Å². The molecule has 0 aliphatic heterocycles. The summed E-state index contributed by atoms with van der Waals surface area (Å²) >= 11 is 0. The molecule has 0 heterocycles. The molecule has 0 aromatic heterocycles. The maximum Gasteiger partial charge on any atom is -0.0205 e. The van der Waals surface area contributed by atoms with E-state index >= 15 is 0 Å². The van der Waals surface area contributed by atoms with Crippen molar-refractivity contribution in [2.75, 3.05) is 0 Å². The van der Waals surface area contributed by atoms with Crippen LogP contribution in [0.25, 0.3) is 0 Å². The van der Waals surface area contributed by atoms with E-state index in [0.29, 0.717) is 0 Å². The maximum atomic E-state index is 2.47. The van der Waals surface area contributed by atoms with E-state index in [9.17, 15) is 0 Å². The molecule has 0 saturated heterocycles. The van der Waals surface area contributed by atoms with Crippen molar-refractivity contribution in [3.05, 3.63) is 12.2 Å². The molecule has 0 bridgehead atoms. The van der Waals surface area contributed by atoms with E-state index in [1.807, 2.05) is 0 Å². The molecule has 3 unspecified atom stereocenters. The molecule has 0 amide bonds. The van der Waals surface area contributed by atoms with Crippen LogP contribution in [0.2, 0.25) is 0 Å². The Bertz CT molecular complexity index is 157. The van der Waals surface area contributed by atoms with Crippen molar-refractivity contribution < 1.29 is 0 Å². The van der Waals surface area contributed by atoms with Crippen molar-refractivity contribution in [3.63, 3.8) is 0 Å². The van der Waals surface area contributed by atoms with E-state index in [2.05, 4.69) is 19.1 Å². The lowest BCUT2D eigenvalue weighted by molar-refractivity contribution is 0.207. The zero-order valence-electron chi connectivity index (χ0n) is 7.42. The van der Waals surface area contributed by atoms with Crippen LogP contribution < -0.4 is 0 Å². The second-order valence-electron chi connectivity index (χ2n) is 4.35. The van der Waals surface area contributed by atoms with E-state index < -0.39 is 0 Å². The first kappa shape index (κ1) is 7.39. The zero-order valence-corrected chi connectivity index (χ0v) is 7.42. The third kappa shape index (κ3) is 1.50. The average Bonchev–Trinajstić information content (AvgIpc) is 2.04. The largest absolute Gasteiger partial charge is 0.0882 e. The van der Waals surface area contributed by atoms with E-state index in [1.165, 1.54) is 32.1 Å². The predicted octanol–water partition coefficient (Wildman–Crippen LogP) is 3.39. The first-order valence-electron chi connectivity index (χ1n) is 5.03. The molecule has 0 heteroatoms. The smallest absolute Gasteiger partial charge is 0.0205 e. The van der Waals surface area contributed by atoms with Crippen LogP contribution in [0, 0.1) is 17.8 Å². The van der Waals surface area contributed by atoms with E-state index in [0.717, 1.165) is 17.8 Å². The topological polar surface area (TPSA) is 0 Å². The molecule has 2 rings (SSSR count). The van der Waals surface area contributed by atoms with Gasteiger partial charge in [0.25, 0.3) is 0 Å². The van der Waals surface area contributed by atoms with Crippen molar-refractivity contribution in [1.82, 2.24) is 0 Å². The minimum atomic E-state index is 0.958. The summed E-state index contributed by atoms with van der Waals surface area (Å²) in [6.45, 7) is 2.41. The Kier molecular flexibility index (Phi) is 2.02. The Hall–Kier alpha value is -0.260. The zero-order chi connectivity index (χ0) is 7.68. The third-order valence-corrected chi connectivity index (χ3v) is 3.39. The first-order valence-corrected chi connectivity index (χ1v) is 5.03. The summed E-state index contributed by atoms with van der Waals surface area (Å²) in [5.41, 5.74) is 0. The predicted molar refractivity (Wildman–Crippen MR) is 48.4 cm³/mol. The molecule has 11 heavy (non-hydrogen) atoms. The van der Waals surface area contributed by atoms with Gasteiger partial charge in [-0.3, -0.25) is 0 Å². The first-order chi connectivity index (χ1) is 5.36. The number of hydrogen-bond donors (Lipinski definition) is 0. The van der Waals surface area contributed by atoms with Gasteiger partial charge in [-0.2, -0.15) is 0 Å². The highest BCUT2D eigenvalue weighted by molar-refractivity contribution is 4.99. The van der Waals surface area contributed by atoms with Crippen LogP contribution in [-0.4, -0.2) is 0 Å². The van der Waals surface area contributed by atoms with Gasteiger partial charge >= 0.3 is 0 Å². The van der Waals surface area contributed by atoms with E-state index in [1.54, 1.807) is 0 Å². The molecule has 0 spiro atoms. The fourth-order valence-electron chi connectivity index (χ4n) is 2.69. The minimum Gasteiger partial charge on any atom is -0.0882 e. The van der Waals surface area contributed by atoms with Crippen LogP contribution in [0.15, 0.2) is 12.2 Å². The Labute approximate surface area is 69.7 Å². The van der Waals surface area contributed by atoms with Gasteiger partial charge in [0.2, 0.25) is 0 Å². The fourth-order valence-corrected chi connectivity index (χ4v) is 2.69. The van der Waals surface area contributed by atoms with Crippen LogP contribution in [0.3, 0.4) is 0 Å². The Morgan fingerprint density at radius 2 is 2.09 bits per heavy atom. The molecule has 0 aromatic carbocycles. The molecule has 1 saturated carbocycles. The molecule has 2 aliphatic rings. The Morgan fingerprint density at radius 1 is 1.18 bits per heavy atom. The molecule has 1 fully saturated rings. The summed E-state index contributed by atoms with van der Waals surface area (Å²) in [4.78, 5) is 0. The summed E-state index contributed by atoms with van der Waals surface area (Å²) in [5.74, 6) is 3.01. The summed E-state index contributed by atoms with van der Waals surface area (Å²) in [6, 6.07) is 0. The van der Waals surface area contributed by atoms with Crippen LogP contribution in [0.4, 0.5) is 0 Å². The van der Waals surface area contributed by atoms with Crippen molar-refractivity contribution >= 4 is 0 Å². The molecular formula is C11H18. The van der Waals surface area contributed by atoms with Gasteiger partial charge in [0, 0.05) is 0 Å². The van der Waals surface area contributed by atoms with Crippen LogP contribution in [0.5, 0.6) is 0 Å². The Morgan fingerprint density at radius 3 is 3.00 bits per heavy atom. The molecule has 0 aromatic rings. The normalized spacial score (nSPS) is 43.5. The van der Waals surface area contributed by atoms with Crippen molar-refractivity contribution in [2.24, 2.45) is 17.8 Å². The molecular weight excluding hydrogens is 132 g/mol. The third-order valence-electron chi connectivity index (χ3n) is 3.39. The molecule has 0 radical (unpaired) electrons. The van der Waals surface area contributed by atoms with E-state index in [4.69, 9.17) is 0 Å². The standard InChI is InChI=1S/C11H18/c1-9-6-7-10-4-2-3-5-11(10)8-9/h2,4,9-11H,3,5-8H2,1H3. The second kappa shape index (κ2) is 3.00. The molecule has 2 aliphatic carbocycles. The molecule has 0 nitrogen and oxygen atoms in total. The van der Waals surface area contributed by atoms with Gasteiger partial charge in [-0.1, -0.05) is 25.5 Å². The highest BCUT2D eigenvalue weighted by Crippen LogP contribution is 2.39. The van der Waals surface area contributed by atoms with Gasteiger partial charge in [-0.25, -0.2) is 0 Å². The summed E-state index contributed by atoms with van der Waals surface area (Å²) in [5, 5.41) is 0. The van der Waals surface area contributed by atoms with Crippen molar-refractivity contribution in [3.8, 4) is 0 Å². The second-order valence-corrected chi connectivity index (χ2v) is 4.35. The van der Waals surface area contributed by atoms with Gasteiger partial charge < -0.3 is 0 Å². The lowest BCUT2D eigenvalue weighted by Gasteiger charge is -2.35. The lowest BCUT2D eigenvalue weighted by Crippen LogP contribution is -2.23. The van der Waals surface area contributed by atoms with Gasteiger partial charge in [0.15, 0.2) is 0 Å². The number of hydrogen-bond acceptors (Lipinski definition) is 0. The average molecular weight is 150 g/mol. The quantitative estimate of drug-likeness (QED) is 0.464. The number of rotatable bonds is 0. The van der Waals surface area contributed by atoms with Gasteiger partial charge in [0.05, 0.1) is 0 Å². The van der Waals surface area contributed by atoms with Gasteiger partial charge in [-0.15, -0.1) is 0 Å². The fraction of sp³-hybridized carbons (Fsp3) is 0.818. The summed E-state index contributed by atoms with van der Waals surface area (Å²) < 4.78 is 0. The van der Waals surface area contributed by atoms with Gasteiger partial charge in [-0.05, 0) is 43.4 Å². The monoisotopic (exact) mass is 150 g/mol. The molecule has 62 valence electrons. The summed E-state index contributed by atoms with van der Waals surface area (Å²) in [6.07, 6.45) is 12.1. The van der Waals surface area contributed by atoms with Crippen LogP contribution in [-0.2, 0) is 0 Å². The lowest BCUT2D eigenvalue weighted by atomic mass is 9.71. The Balaban J connectivity index is 2.02. The maximum absolute atomic E-state index is 2.47. The van der Waals surface area contributed by atoms with Crippen molar-refractivity contribution in [2.45, 2.75) is 39.0 Å². The van der Waals surface area contributed by atoms with E-state index in [-0.39, 0.29) is 0 Å². The number of allylic oxidation sites excluding steroid dienone is 2. The number of fused-ring (bicyclic) bond motifs is 1. The van der Waals surface area contributed by atoms with Crippen LogP contribution in [0.1, 0.15) is 39.0 Å². The molecule has 0 N–H and O–H groups in total. The van der Waals surface area contributed by atoms with Crippen molar-refractivity contribution in [1.29, 1.82) is 0 Å².